The summed E-state index contributed by atoms with van der Waals surface area (Å²) in [4.78, 5) is 2.72. The van der Waals surface area contributed by atoms with Gasteiger partial charge < -0.3 is 5.32 Å². The van der Waals surface area contributed by atoms with E-state index in [-0.39, 0.29) is 0 Å². The van der Waals surface area contributed by atoms with Crippen LogP contribution in [0.2, 0.25) is 0 Å². The third-order valence-corrected chi connectivity index (χ3v) is 4.32. The predicted octanol–water partition coefficient (Wildman–Crippen LogP) is 3.42. The molecule has 0 aromatic rings. The molecule has 0 aliphatic heterocycles. The van der Waals surface area contributed by atoms with Gasteiger partial charge in [-0.15, -0.1) is 0 Å². The van der Waals surface area contributed by atoms with Gasteiger partial charge in [0.1, 0.15) is 0 Å². The van der Waals surface area contributed by atoms with Crippen LogP contribution in [0.5, 0.6) is 0 Å². The van der Waals surface area contributed by atoms with Crippen molar-refractivity contribution in [3.63, 3.8) is 0 Å². The Morgan fingerprint density at radius 3 is 2.59 bits per heavy atom. The fourth-order valence-corrected chi connectivity index (χ4v) is 3.16. The van der Waals surface area contributed by atoms with Gasteiger partial charge in [0.25, 0.3) is 0 Å². The fraction of sp³-hybridized carbons (Fsp3) is 1.00. The van der Waals surface area contributed by atoms with E-state index in [2.05, 4.69) is 37.9 Å². The predicted molar refractivity (Wildman–Crippen MR) is 76.5 cm³/mol. The molecule has 0 bridgehead atoms. The van der Waals surface area contributed by atoms with Gasteiger partial charge in [-0.3, -0.25) is 4.90 Å². The molecule has 3 unspecified atom stereocenters. The topological polar surface area (TPSA) is 15.3 Å². The molecule has 1 rings (SSSR count). The molecule has 102 valence electrons. The second-order valence-corrected chi connectivity index (χ2v) is 5.56. The minimum absolute atomic E-state index is 0.745. The second kappa shape index (κ2) is 8.10. The summed E-state index contributed by atoms with van der Waals surface area (Å²) < 4.78 is 0. The molecular formula is C15H32N2. The zero-order valence-electron chi connectivity index (χ0n) is 12.3. The molecule has 3 atom stereocenters. The molecule has 1 aliphatic carbocycles. The molecule has 2 heteroatoms. The summed E-state index contributed by atoms with van der Waals surface area (Å²) in [6, 6.07) is 2.33. The van der Waals surface area contributed by atoms with Gasteiger partial charge in [-0.2, -0.15) is 0 Å². The van der Waals surface area contributed by atoms with Crippen molar-refractivity contribution < 1.29 is 0 Å². The lowest BCUT2D eigenvalue weighted by atomic mass is 9.89. The Bertz CT molecular complexity index is 193. The third-order valence-electron chi connectivity index (χ3n) is 4.32. The Kier molecular flexibility index (Phi) is 7.14. The quantitative estimate of drug-likeness (QED) is 0.733. The van der Waals surface area contributed by atoms with Crippen molar-refractivity contribution in [2.45, 2.75) is 84.3 Å². The molecule has 1 N–H and O–H groups in total. The minimum Gasteiger partial charge on any atom is -0.314 e. The molecule has 0 radical (unpaired) electrons. The first-order valence-corrected chi connectivity index (χ1v) is 7.71. The summed E-state index contributed by atoms with van der Waals surface area (Å²) in [7, 11) is 0. The van der Waals surface area contributed by atoms with Crippen LogP contribution in [0, 0.1) is 0 Å². The average molecular weight is 240 g/mol. The van der Waals surface area contributed by atoms with Gasteiger partial charge in [0.15, 0.2) is 0 Å². The molecule has 0 aromatic carbocycles. The van der Waals surface area contributed by atoms with Crippen molar-refractivity contribution in [2.24, 2.45) is 0 Å². The molecule has 0 amide bonds. The monoisotopic (exact) mass is 240 g/mol. The fourth-order valence-electron chi connectivity index (χ4n) is 3.16. The lowest BCUT2D eigenvalue weighted by Crippen LogP contribution is -2.47. The van der Waals surface area contributed by atoms with Gasteiger partial charge in [-0.05, 0) is 52.1 Å². The Morgan fingerprint density at radius 1 is 1.24 bits per heavy atom. The summed E-state index contributed by atoms with van der Waals surface area (Å²) >= 11 is 0. The number of nitrogens with zero attached hydrogens (tertiary/aromatic N) is 1. The molecule has 0 saturated heterocycles. The Labute approximate surface area is 108 Å². The second-order valence-electron chi connectivity index (χ2n) is 5.56. The van der Waals surface area contributed by atoms with Crippen LogP contribution < -0.4 is 5.32 Å². The van der Waals surface area contributed by atoms with E-state index < -0.39 is 0 Å². The number of nitrogens with one attached hydrogen (secondary N) is 1. The first-order valence-electron chi connectivity index (χ1n) is 7.71. The van der Waals surface area contributed by atoms with E-state index >= 15 is 0 Å². The highest BCUT2D eigenvalue weighted by Crippen LogP contribution is 2.25. The van der Waals surface area contributed by atoms with Crippen LogP contribution in [-0.4, -0.2) is 36.1 Å². The van der Waals surface area contributed by atoms with Crippen LogP contribution in [0.25, 0.3) is 0 Å². The van der Waals surface area contributed by atoms with Crippen LogP contribution in [0.4, 0.5) is 0 Å². The van der Waals surface area contributed by atoms with E-state index in [0.717, 1.165) is 18.1 Å². The van der Waals surface area contributed by atoms with Crippen LogP contribution >= 0.6 is 0 Å². The normalized spacial score (nSPS) is 27.4. The van der Waals surface area contributed by atoms with Gasteiger partial charge in [0.05, 0.1) is 0 Å². The van der Waals surface area contributed by atoms with Crippen LogP contribution in [0.15, 0.2) is 0 Å². The van der Waals surface area contributed by atoms with Crippen molar-refractivity contribution in [3.8, 4) is 0 Å². The molecule has 0 heterocycles. The number of hydrogen-bond acceptors (Lipinski definition) is 2. The maximum Gasteiger partial charge on any atom is 0.0113 e. The largest absolute Gasteiger partial charge is 0.314 e. The van der Waals surface area contributed by atoms with Gasteiger partial charge >= 0.3 is 0 Å². The highest BCUT2D eigenvalue weighted by Gasteiger charge is 2.27. The van der Waals surface area contributed by atoms with Crippen LogP contribution in [0.3, 0.4) is 0 Å². The number of hydrogen-bond donors (Lipinski definition) is 1. The van der Waals surface area contributed by atoms with Crippen LogP contribution in [0.1, 0.15) is 66.2 Å². The molecule has 1 fully saturated rings. The molecule has 2 nitrogen and oxygen atoms in total. The Hall–Kier alpha value is -0.0800. The van der Waals surface area contributed by atoms with Gasteiger partial charge in [0.2, 0.25) is 0 Å². The molecule has 1 saturated carbocycles. The van der Waals surface area contributed by atoms with E-state index in [4.69, 9.17) is 0 Å². The van der Waals surface area contributed by atoms with E-state index in [1.165, 1.54) is 51.6 Å². The molecule has 0 spiro atoms. The summed E-state index contributed by atoms with van der Waals surface area (Å²) in [6.45, 7) is 11.7. The lowest BCUT2D eigenvalue weighted by Gasteiger charge is -2.40. The minimum atomic E-state index is 0.745. The van der Waals surface area contributed by atoms with Gasteiger partial charge in [-0.25, -0.2) is 0 Å². The molecular weight excluding hydrogens is 208 g/mol. The molecule has 17 heavy (non-hydrogen) atoms. The average Bonchev–Trinajstić information content (AvgIpc) is 2.37. The summed E-state index contributed by atoms with van der Waals surface area (Å²) in [5.41, 5.74) is 0. The van der Waals surface area contributed by atoms with E-state index in [0.29, 0.717) is 0 Å². The lowest BCUT2D eigenvalue weighted by molar-refractivity contribution is 0.104. The van der Waals surface area contributed by atoms with Crippen molar-refractivity contribution >= 4 is 0 Å². The zero-order chi connectivity index (χ0) is 12.7. The maximum atomic E-state index is 3.71. The van der Waals surface area contributed by atoms with Crippen molar-refractivity contribution in [2.75, 3.05) is 13.1 Å². The van der Waals surface area contributed by atoms with E-state index in [9.17, 15) is 0 Å². The molecule has 1 aliphatic rings. The first kappa shape index (κ1) is 15.0. The summed E-state index contributed by atoms with van der Waals surface area (Å²) in [6.07, 6.45) is 8.08. The van der Waals surface area contributed by atoms with E-state index in [1.807, 2.05) is 0 Å². The summed E-state index contributed by atoms with van der Waals surface area (Å²) in [5.74, 6) is 0. The van der Waals surface area contributed by atoms with Crippen molar-refractivity contribution in [1.29, 1.82) is 0 Å². The van der Waals surface area contributed by atoms with Gasteiger partial charge in [-0.1, -0.05) is 27.2 Å². The van der Waals surface area contributed by atoms with Crippen molar-refractivity contribution in [3.05, 3.63) is 0 Å². The SMILES string of the molecule is CCCNC1CCCC(N(CC)C(C)CC)C1. The highest BCUT2D eigenvalue weighted by molar-refractivity contribution is 4.85. The Balaban J connectivity index is 2.46. The first-order chi connectivity index (χ1) is 8.22. The zero-order valence-corrected chi connectivity index (χ0v) is 12.3. The smallest absolute Gasteiger partial charge is 0.0113 e. The standard InChI is InChI=1S/C15H32N2/c1-5-11-16-14-9-8-10-15(12-14)17(7-3)13(4)6-2/h13-16H,5-12H2,1-4H3. The summed E-state index contributed by atoms with van der Waals surface area (Å²) in [5, 5.41) is 3.71. The maximum absolute atomic E-state index is 3.71. The van der Waals surface area contributed by atoms with Crippen molar-refractivity contribution in [1.82, 2.24) is 10.2 Å². The van der Waals surface area contributed by atoms with Gasteiger partial charge in [0, 0.05) is 18.1 Å². The number of rotatable bonds is 7. The molecule has 0 aromatic heterocycles. The van der Waals surface area contributed by atoms with E-state index in [1.54, 1.807) is 0 Å². The Morgan fingerprint density at radius 2 is 2.00 bits per heavy atom. The highest BCUT2D eigenvalue weighted by atomic mass is 15.2. The van der Waals surface area contributed by atoms with Crippen LogP contribution in [-0.2, 0) is 0 Å². The third kappa shape index (κ3) is 4.59.